The average molecular weight is 229 g/mol. The fraction of sp³-hybridized carbons (Fsp3) is 0.700. The lowest BCUT2D eigenvalue weighted by atomic mass is 9.85. The van der Waals surface area contributed by atoms with Gasteiger partial charge in [-0.1, -0.05) is 0 Å². The quantitative estimate of drug-likeness (QED) is 0.627. The number of hydrogen-bond donors (Lipinski definition) is 2. The number of rotatable bonds is 4. The van der Waals surface area contributed by atoms with Crippen LogP contribution < -0.4 is 5.32 Å². The average Bonchev–Trinajstić information content (AvgIpc) is 2.59. The predicted octanol–water partition coefficient (Wildman–Crippen LogP) is -0.573. The first-order valence-corrected chi connectivity index (χ1v) is 5.00. The van der Waals surface area contributed by atoms with Crippen molar-refractivity contribution in [2.24, 2.45) is 11.8 Å². The Kier molecular flexibility index (Phi) is 4.00. The molecule has 3 atom stereocenters. The van der Waals surface area contributed by atoms with Gasteiger partial charge in [0.25, 0.3) is 0 Å². The summed E-state index contributed by atoms with van der Waals surface area (Å²) in [6.45, 7) is 1.73. The number of aliphatic carboxylic acids is 1. The topological polar surface area (TPSA) is 92.7 Å². The van der Waals surface area contributed by atoms with Crippen LogP contribution >= 0.6 is 0 Å². The Labute approximate surface area is 93.0 Å². The fourth-order valence-corrected chi connectivity index (χ4v) is 2.08. The maximum absolute atomic E-state index is 11.4. The van der Waals surface area contributed by atoms with Gasteiger partial charge < -0.3 is 15.2 Å². The molecule has 6 nitrogen and oxygen atoms in total. The molecular formula is C10H15NO5. The van der Waals surface area contributed by atoms with Crippen molar-refractivity contribution in [1.29, 1.82) is 0 Å². The van der Waals surface area contributed by atoms with E-state index in [-0.39, 0.29) is 12.2 Å². The highest BCUT2D eigenvalue weighted by Crippen LogP contribution is 2.27. The van der Waals surface area contributed by atoms with E-state index in [9.17, 15) is 14.4 Å². The minimum Gasteiger partial charge on any atom is -0.481 e. The monoisotopic (exact) mass is 229 g/mol. The summed E-state index contributed by atoms with van der Waals surface area (Å²) in [6.07, 6.45) is -0.211. The molecule has 0 bridgehead atoms. The van der Waals surface area contributed by atoms with Gasteiger partial charge in [-0.15, -0.1) is 0 Å². The molecule has 1 rings (SSSR count). The maximum atomic E-state index is 11.4. The fourth-order valence-electron chi connectivity index (χ4n) is 2.08. The molecule has 1 fully saturated rings. The van der Waals surface area contributed by atoms with E-state index in [2.05, 4.69) is 10.1 Å². The minimum atomic E-state index is -1.02. The van der Waals surface area contributed by atoms with Crippen molar-refractivity contribution >= 4 is 17.7 Å². The van der Waals surface area contributed by atoms with Gasteiger partial charge in [0.1, 0.15) is 11.8 Å². The molecule has 6 heteroatoms. The van der Waals surface area contributed by atoms with E-state index < -0.39 is 29.8 Å². The van der Waals surface area contributed by atoms with Crippen LogP contribution in [0.3, 0.4) is 0 Å². The van der Waals surface area contributed by atoms with Crippen LogP contribution in [-0.2, 0) is 19.1 Å². The molecule has 1 saturated heterocycles. The van der Waals surface area contributed by atoms with E-state index in [0.29, 0.717) is 6.54 Å². The van der Waals surface area contributed by atoms with Crippen LogP contribution in [-0.4, -0.2) is 42.5 Å². The van der Waals surface area contributed by atoms with E-state index in [4.69, 9.17) is 5.11 Å². The van der Waals surface area contributed by atoms with E-state index >= 15 is 0 Å². The van der Waals surface area contributed by atoms with E-state index in [1.54, 1.807) is 0 Å². The van der Waals surface area contributed by atoms with Crippen LogP contribution in [0.4, 0.5) is 0 Å². The Morgan fingerprint density at radius 2 is 2.06 bits per heavy atom. The number of carboxylic acid groups (broad SMARTS) is 1. The molecule has 3 unspecified atom stereocenters. The first kappa shape index (κ1) is 12.6. The molecule has 0 aromatic heterocycles. The number of carbonyl (C=O) groups excluding carboxylic acids is 2. The van der Waals surface area contributed by atoms with Gasteiger partial charge in [0.2, 0.25) is 0 Å². The van der Waals surface area contributed by atoms with Crippen molar-refractivity contribution in [2.75, 3.05) is 13.7 Å². The van der Waals surface area contributed by atoms with Crippen LogP contribution in [0.15, 0.2) is 0 Å². The number of esters is 1. The van der Waals surface area contributed by atoms with Crippen molar-refractivity contribution in [1.82, 2.24) is 5.32 Å². The van der Waals surface area contributed by atoms with Crippen molar-refractivity contribution in [3.05, 3.63) is 0 Å². The highest BCUT2D eigenvalue weighted by atomic mass is 16.5. The largest absolute Gasteiger partial charge is 0.481 e. The van der Waals surface area contributed by atoms with Crippen LogP contribution in [0.1, 0.15) is 13.3 Å². The molecule has 0 aromatic rings. The first-order valence-electron chi connectivity index (χ1n) is 5.00. The van der Waals surface area contributed by atoms with Gasteiger partial charge in [0.05, 0.1) is 13.5 Å². The molecule has 0 saturated carbocycles. The zero-order valence-electron chi connectivity index (χ0n) is 9.23. The molecule has 0 spiro atoms. The third-order valence-electron chi connectivity index (χ3n) is 2.89. The van der Waals surface area contributed by atoms with Crippen molar-refractivity contribution < 1.29 is 24.2 Å². The standard InChI is InChI=1S/C10H15NO5/c1-5(12)7-4-11-9(10(15)16-2)6(7)3-8(13)14/h6-7,9,11H,3-4H2,1-2H3,(H,13,14). The normalized spacial score (nSPS) is 28.8. The Morgan fingerprint density at radius 3 is 2.50 bits per heavy atom. The lowest BCUT2D eigenvalue weighted by molar-refractivity contribution is -0.145. The molecule has 0 aliphatic carbocycles. The van der Waals surface area contributed by atoms with E-state index in [0.717, 1.165) is 0 Å². The second-order valence-electron chi connectivity index (χ2n) is 3.89. The zero-order valence-corrected chi connectivity index (χ0v) is 9.23. The Bertz CT molecular complexity index is 314. The SMILES string of the molecule is COC(=O)C1NCC(C(C)=O)C1CC(=O)O. The van der Waals surface area contributed by atoms with Gasteiger partial charge in [0, 0.05) is 18.4 Å². The van der Waals surface area contributed by atoms with Crippen molar-refractivity contribution in [2.45, 2.75) is 19.4 Å². The number of ketones is 1. The number of nitrogens with one attached hydrogen (secondary N) is 1. The first-order chi connectivity index (χ1) is 7.47. The van der Waals surface area contributed by atoms with Gasteiger partial charge in [-0.05, 0) is 6.92 Å². The maximum Gasteiger partial charge on any atom is 0.323 e. The van der Waals surface area contributed by atoms with Gasteiger partial charge in [0.15, 0.2) is 0 Å². The number of carbonyl (C=O) groups is 3. The second-order valence-corrected chi connectivity index (χ2v) is 3.89. The smallest absolute Gasteiger partial charge is 0.323 e. The summed E-state index contributed by atoms with van der Waals surface area (Å²) >= 11 is 0. The van der Waals surface area contributed by atoms with Crippen LogP contribution in [0.5, 0.6) is 0 Å². The summed E-state index contributed by atoms with van der Waals surface area (Å²) in [7, 11) is 1.24. The summed E-state index contributed by atoms with van der Waals surface area (Å²) in [6, 6.07) is -0.699. The van der Waals surface area contributed by atoms with Crippen LogP contribution in [0, 0.1) is 11.8 Å². The Morgan fingerprint density at radius 1 is 1.44 bits per heavy atom. The molecule has 0 radical (unpaired) electrons. The molecule has 0 aromatic carbocycles. The number of ether oxygens (including phenoxy) is 1. The minimum absolute atomic E-state index is 0.106. The predicted molar refractivity (Wildman–Crippen MR) is 53.7 cm³/mol. The number of methoxy groups -OCH3 is 1. The van der Waals surface area contributed by atoms with Gasteiger partial charge in [-0.2, -0.15) is 0 Å². The Hall–Kier alpha value is -1.43. The number of carboxylic acids is 1. The van der Waals surface area contributed by atoms with Crippen LogP contribution in [0.2, 0.25) is 0 Å². The zero-order chi connectivity index (χ0) is 12.3. The second kappa shape index (κ2) is 5.07. The van der Waals surface area contributed by atoms with Gasteiger partial charge >= 0.3 is 11.9 Å². The van der Waals surface area contributed by atoms with E-state index in [1.165, 1.54) is 14.0 Å². The van der Waals surface area contributed by atoms with Gasteiger partial charge in [-0.25, -0.2) is 0 Å². The van der Waals surface area contributed by atoms with Gasteiger partial charge in [-0.3, -0.25) is 14.4 Å². The molecule has 16 heavy (non-hydrogen) atoms. The summed E-state index contributed by atoms with van der Waals surface area (Å²) in [5, 5.41) is 11.6. The van der Waals surface area contributed by atoms with Crippen LogP contribution in [0.25, 0.3) is 0 Å². The number of Topliss-reactive ketones (excluding diaryl/α,β-unsaturated/α-hetero) is 1. The Balaban J connectivity index is 2.83. The summed E-state index contributed by atoms with van der Waals surface area (Å²) in [5.41, 5.74) is 0. The highest BCUT2D eigenvalue weighted by Gasteiger charge is 2.43. The van der Waals surface area contributed by atoms with Crippen molar-refractivity contribution in [3.63, 3.8) is 0 Å². The third kappa shape index (κ3) is 2.57. The summed E-state index contributed by atoms with van der Waals surface area (Å²) in [5.74, 6) is -2.60. The summed E-state index contributed by atoms with van der Waals surface area (Å²) < 4.78 is 4.57. The molecule has 0 amide bonds. The molecule has 1 aliphatic rings. The summed E-state index contributed by atoms with van der Waals surface area (Å²) in [4.78, 5) is 33.4. The molecular weight excluding hydrogens is 214 g/mol. The molecule has 1 heterocycles. The number of hydrogen-bond acceptors (Lipinski definition) is 5. The molecule has 90 valence electrons. The lowest BCUT2D eigenvalue weighted by Crippen LogP contribution is -2.38. The van der Waals surface area contributed by atoms with E-state index in [1.807, 2.05) is 0 Å². The lowest BCUT2D eigenvalue weighted by Gasteiger charge is -2.18. The third-order valence-corrected chi connectivity index (χ3v) is 2.89. The van der Waals surface area contributed by atoms with Crippen molar-refractivity contribution in [3.8, 4) is 0 Å². The molecule has 2 N–H and O–H groups in total. The molecule has 1 aliphatic heterocycles. The highest BCUT2D eigenvalue weighted by molar-refractivity contribution is 5.84.